The average molecular weight is 414 g/mol. The molecule has 0 fully saturated rings. The number of amides is 2. The molecule has 0 aliphatic carbocycles. The first kappa shape index (κ1) is 19.5. The molecule has 2 amide bonds. The largest absolute Gasteiger partial charge is 0.484 e. The molecule has 1 aliphatic rings. The number of rotatable bonds is 3. The van der Waals surface area contributed by atoms with E-state index < -0.39 is 24.3 Å². The number of urea groups is 1. The van der Waals surface area contributed by atoms with Crippen LogP contribution in [0.5, 0.6) is 5.75 Å². The van der Waals surface area contributed by atoms with Crippen LogP contribution in [0.4, 0.5) is 14.9 Å². The number of alkyl halides is 1. The second-order valence-corrected chi connectivity index (χ2v) is 8.06. The number of halogens is 2. The van der Waals surface area contributed by atoms with Crippen molar-refractivity contribution in [3.63, 3.8) is 0 Å². The zero-order valence-corrected chi connectivity index (χ0v) is 16.9. The van der Waals surface area contributed by atoms with Crippen molar-refractivity contribution >= 4 is 34.1 Å². The number of primary amides is 1. The number of hydrogen-bond donors (Lipinski definition) is 1. The van der Waals surface area contributed by atoms with Gasteiger partial charge in [-0.1, -0.05) is 29.8 Å². The predicted molar refractivity (Wildman–Crippen MR) is 112 cm³/mol. The Morgan fingerprint density at radius 1 is 1.38 bits per heavy atom. The third-order valence-corrected chi connectivity index (χ3v) is 5.52. The van der Waals surface area contributed by atoms with Gasteiger partial charge in [-0.15, -0.1) is 0 Å². The number of hydrogen-bond acceptors (Lipinski definition) is 3. The summed E-state index contributed by atoms with van der Waals surface area (Å²) in [6.07, 6.45) is 2.01. The summed E-state index contributed by atoms with van der Waals surface area (Å²) in [5.41, 5.74) is 6.96. The number of aryl methyl sites for hydroxylation is 1. The van der Waals surface area contributed by atoms with Crippen LogP contribution in [0.25, 0.3) is 10.8 Å². The molecule has 0 spiro atoms. The number of pyridine rings is 1. The number of fused-ring (bicyclic) bond motifs is 2. The lowest BCUT2D eigenvalue weighted by Crippen LogP contribution is -2.48. The molecule has 2 atom stereocenters. The van der Waals surface area contributed by atoms with Crippen molar-refractivity contribution in [2.75, 3.05) is 11.6 Å². The van der Waals surface area contributed by atoms with E-state index in [1.165, 1.54) is 4.90 Å². The molecule has 4 rings (SSSR count). The van der Waals surface area contributed by atoms with Crippen LogP contribution in [0.15, 0.2) is 48.7 Å². The van der Waals surface area contributed by atoms with Gasteiger partial charge in [-0.05, 0) is 38.1 Å². The molecular formula is C22H21ClFN3O2. The number of carbonyl (C=O) groups excluding carboxylic acids is 1. The third-order valence-electron chi connectivity index (χ3n) is 5.28. The van der Waals surface area contributed by atoms with E-state index in [2.05, 4.69) is 4.98 Å². The molecule has 0 bridgehead atoms. The van der Waals surface area contributed by atoms with Gasteiger partial charge in [0.2, 0.25) is 0 Å². The summed E-state index contributed by atoms with van der Waals surface area (Å²) in [5, 5.41) is 2.21. The molecule has 0 radical (unpaired) electrons. The quantitative estimate of drug-likeness (QED) is 0.630. The Kier molecular flexibility index (Phi) is 4.82. The van der Waals surface area contributed by atoms with Crippen LogP contribution < -0.4 is 15.4 Å². The van der Waals surface area contributed by atoms with Crippen molar-refractivity contribution in [1.82, 2.24) is 4.98 Å². The summed E-state index contributed by atoms with van der Waals surface area (Å²) < 4.78 is 19.8. The maximum absolute atomic E-state index is 13.9. The molecule has 7 heteroatoms. The highest BCUT2D eigenvalue weighted by molar-refractivity contribution is 6.30. The zero-order chi connectivity index (χ0) is 20.8. The average Bonchev–Trinajstić information content (AvgIpc) is 2.67. The molecule has 5 nitrogen and oxygen atoms in total. The lowest BCUT2D eigenvalue weighted by Gasteiger charge is -2.42. The molecule has 150 valence electrons. The SMILES string of the molecule is Cc1cc2c(N(C(N)=O)C3CC(C)(CF)Oc4cc(Cl)ccc43)cccc2cn1. The standard InChI is InChI=1S/C22H21ClFN3O2/c1-13-8-17-14(11-26-13)4-3-5-18(17)27(21(25)28)19-10-22(2,12-24)29-20-9-15(23)6-7-16(19)20/h3-9,11,19H,10,12H2,1-2H3,(H2,25,28). The van der Waals surface area contributed by atoms with Crippen molar-refractivity contribution in [2.45, 2.75) is 31.9 Å². The maximum Gasteiger partial charge on any atom is 0.319 e. The van der Waals surface area contributed by atoms with E-state index in [9.17, 15) is 9.18 Å². The van der Waals surface area contributed by atoms with Crippen molar-refractivity contribution in [3.8, 4) is 5.75 Å². The molecule has 2 aromatic carbocycles. The van der Waals surface area contributed by atoms with E-state index >= 15 is 0 Å². The minimum Gasteiger partial charge on any atom is -0.484 e. The number of aromatic nitrogens is 1. The number of ether oxygens (including phenoxy) is 1. The van der Waals surface area contributed by atoms with Gasteiger partial charge in [-0.2, -0.15) is 0 Å². The lowest BCUT2D eigenvalue weighted by molar-refractivity contribution is 0.0295. The topological polar surface area (TPSA) is 68.5 Å². The van der Waals surface area contributed by atoms with Crippen LogP contribution in [-0.4, -0.2) is 23.3 Å². The molecule has 2 heterocycles. The maximum atomic E-state index is 13.9. The molecule has 0 saturated carbocycles. The summed E-state index contributed by atoms with van der Waals surface area (Å²) in [6.45, 7) is 2.86. The predicted octanol–water partition coefficient (Wildman–Crippen LogP) is 5.33. The first-order valence-electron chi connectivity index (χ1n) is 9.30. The Morgan fingerprint density at radius 3 is 2.90 bits per heavy atom. The van der Waals surface area contributed by atoms with Gasteiger partial charge in [0.25, 0.3) is 0 Å². The summed E-state index contributed by atoms with van der Waals surface area (Å²) in [5.74, 6) is 0.457. The fourth-order valence-electron chi connectivity index (χ4n) is 3.92. The second-order valence-electron chi connectivity index (χ2n) is 7.62. The second kappa shape index (κ2) is 7.19. The molecule has 29 heavy (non-hydrogen) atoms. The van der Waals surface area contributed by atoms with Gasteiger partial charge in [0.05, 0.1) is 11.7 Å². The van der Waals surface area contributed by atoms with Crippen LogP contribution in [0.3, 0.4) is 0 Å². The molecule has 2 unspecified atom stereocenters. The van der Waals surface area contributed by atoms with Gasteiger partial charge >= 0.3 is 6.03 Å². The van der Waals surface area contributed by atoms with E-state index in [0.717, 1.165) is 22.0 Å². The summed E-state index contributed by atoms with van der Waals surface area (Å²) in [7, 11) is 0. The van der Waals surface area contributed by atoms with E-state index in [4.69, 9.17) is 22.1 Å². The number of carbonyl (C=O) groups is 1. The monoisotopic (exact) mass is 413 g/mol. The fourth-order valence-corrected chi connectivity index (χ4v) is 4.08. The number of nitrogens with two attached hydrogens (primary N) is 1. The smallest absolute Gasteiger partial charge is 0.319 e. The van der Waals surface area contributed by atoms with Gasteiger partial charge < -0.3 is 10.5 Å². The summed E-state index contributed by atoms with van der Waals surface area (Å²) in [4.78, 5) is 18.5. The van der Waals surface area contributed by atoms with E-state index in [-0.39, 0.29) is 6.42 Å². The van der Waals surface area contributed by atoms with Crippen LogP contribution in [0.1, 0.15) is 30.6 Å². The first-order valence-corrected chi connectivity index (χ1v) is 9.67. The normalized spacial score (nSPS) is 20.8. The highest BCUT2D eigenvalue weighted by Crippen LogP contribution is 2.46. The molecular weight excluding hydrogens is 393 g/mol. The Bertz CT molecular complexity index is 1110. The van der Waals surface area contributed by atoms with Crippen molar-refractivity contribution in [2.24, 2.45) is 5.73 Å². The van der Waals surface area contributed by atoms with Gasteiger partial charge in [0.15, 0.2) is 0 Å². The molecule has 1 aliphatic heterocycles. The fraction of sp³-hybridized carbons (Fsp3) is 0.273. The minimum absolute atomic E-state index is 0.252. The summed E-state index contributed by atoms with van der Waals surface area (Å²) in [6, 6.07) is 11.6. The van der Waals surface area contributed by atoms with Gasteiger partial charge in [0, 0.05) is 39.7 Å². The van der Waals surface area contributed by atoms with Crippen molar-refractivity contribution in [1.29, 1.82) is 0 Å². The van der Waals surface area contributed by atoms with Crippen LogP contribution in [-0.2, 0) is 0 Å². The molecule has 0 saturated heterocycles. The summed E-state index contributed by atoms with van der Waals surface area (Å²) >= 11 is 6.13. The van der Waals surface area contributed by atoms with Crippen molar-refractivity contribution in [3.05, 3.63) is 64.9 Å². The molecule has 1 aromatic heterocycles. The van der Waals surface area contributed by atoms with Crippen LogP contribution >= 0.6 is 11.6 Å². The Hall–Kier alpha value is -2.86. The van der Waals surface area contributed by atoms with Crippen LogP contribution in [0, 0.1) is 6.92 Å². The number of benzene rings is 2. The van der Waals surface area contributed by atoms with E-state index in [1.807, 2.05) is 31.2 Å². The van der Waals surface area contributed by atoms with E-state index in [1.54, 1.807) is 31.3 Å². The Labute approximate surface area is 173 Å². The lowest BCUT2D eigenvalue weighted by atomic mass is 9.87. The Morgan fingerprint density at radius 2 is 2.17 bits per heavy atom. The first-order chi connectivity index (χ1) is 13.8. The molecule has 2 N–H and O–H groups in total. The Balaban J connectivity index is 1.93. The van der Waals surface area contributed by atoms with Gasteiger partial charge in [0.1, 0.15) is 18.0 Å². The highest BCUT2D eigenvalue weighted by Gasteiger charge is 2.42. The number of nitrogens with zero attached hydrogens (tertiary/aromatic N) is 2. The van der Waals surface area contributed by atoms with Gasteiger partial charge in [-0.25, -0.2) is 9.18 Å². The van der Waals surface area contributed by atoms with Crippen molar-refractivity contribution < 1.29 is 13.9 Å². The minimum atomic E-state index is -1.10. The highest BCUT2D eigenvalue weighted by atomic mass is 35.5. The molecule has 3 aromatic rings. The van der Waals surface area contributed by atoms with Crippen LogP contribution in [0.2, 0.25) is 5.02 Å². The van der Waals surface area contributed by atoms with Gasteiger partial charge in [-0.3, -0.25) is 9.88 Å². The zero-order valence-electron chi connectivity index (χ0n) is 16.2. The number of anilines is 1. The van der Waals surface area contributed by atoms with E-state index in [0.29, 0.717) is 16.5 Å². The third kappa shape index (κ3) is 3.49.